The molecule has 0 bridgehead atoms. The highest BCUT2D eigenvalue weighted by Crippen LogP contribution is 2.38. The molecule has 0 saturated carbocycles. The van der Waals surface area contributed by atoms with E-state index in [1.54, 1.807) is 51.7 Å². The highest BCUT2D eigenvalue weighted by atomic mass is 16.6. The van der Waals surface area contributed by atoms with E-state index in [4.69, 9.17) is 14.2 Å². The Morgan fingerprint density at radius 1 is 0.794 bits per heavy atom. The van der Waals surface area contributed by atoms with E-state index in [0.29, 0.717) is 28.5 Å². The largest absolute Gasteiger partial charge is 0.493 e. The topological polar surface area (TPSA) is 99.9 Å². The Bertz CT molecular complexity index is 1190. The second-order valence-corrected chi connectivity index (χ2v) is 7.09. The highest BCUT2D eigenvalue weighted by molar-refractivity contribution is 6.02. The first-order valence-corrected chi connectivity index (χ1v) is 10.2. The third-order valence-corrected chi connectivity index (χ3v) is 4.86. The molecular formula is C26H24N2O6. The molecule has 0 spiro atoms. The molecule has 0 atom stereocenters. The molecule has 0 unspecified atom stereocenters. The van der Waals surface area contributed by atoms with Gasteiger partial charge in [0.25, 0.3) is 5.69 Å². The number of rotatable bonds is 9. The molecule has 1 amide bonds. The Labute approximate surface area is 197 Å². The predicted molar refractivity (Wildman–Crippen MR) is 132 cm³/mol. The van der Waals surface area contributed by atoms with E-state index in [-0.39, 0.29) is 11.6 Å². The average molecular weight is 460 g/mol. The predicted octanol–water partition coefficient (Wildman–Crippen LogP) is 5.44. The number of hydrogen-bond donors (Lipinski definition) is 1. The molecular weight excluding hydrogens is 436 g/mol. The van der Waals surface area contributed by atoms with Crippen LogP contribution in [0.25, 0.3) is 18.2 Å². The molecule has 0 aliphatic carbocycles. The molecule has 0 aliphatic rings. The van der Waals surface area contributed by atoms with Gasteiger partial charge in [0, 0.05) is 23.9 Å². The molecule has 0 radical (unpaired) electrons. The normalized spacial score (nSPS) is 10.9. The van der Waals surface area contributed by atoms with Crippen LogP contribution in [0.15, 0.2) is 66.7 Å². The van der Waals surface area contributed by atoms with Gasteiger partial charge in [0.15, 0.2) is 11.5 Å². The standard InChI is InChI=1S/C26H24N2O6/c1-32-23-16-20(17-24(33-2)26(23)34-3)5-4-18-6-11-21(12-7-18)27-25(29)15-10-19-8-13-22(14-9-19)28(30)31/h4-17H,1-3H3,(H,27,29)/b5-4?,15-10+. The van der Waals surface area contributed by atoms with E-state index in [1.165, 1.54) is 18.2 Å². The fraction of sp³-hybridized carbons (Fsp3) is 0.115. The molecule has 0 saturated heterocycles. The number of nitrogens with zero attached hydrogens (tertiary/aromatic N) is 1. The van der Waals surface area contributed by atoms with Crippen LogP contribution >= 0.6 is 0 Å². The summed E-state index contributed by atoms with van der Waals surface area (Å²) in [4.78, 5) is 22.4. The van der Waals surface area contributed by atoms with Gasteiger partial charge in [-0.1, -0.05) is 24.3 Å². The van der Waals surface area contributed by atoms with Crippen LogP contribution in [0.5, 0.6) is 17.2 Å². The van der Waals surface area contributed by atoms with E-state index in [9.17, 15) is 14.9 Å². The molecule has 3 aromatic rings. The van der Waals surface area contributed by atoms with Crippen molar-refractivity contribution in [3.63, 3.8) is 0 Å². The number of benzene rings is 3. The van der Waals surface area contributed by atoms with Crippen molar-refractivity contribution in [2.75, 3.05) is 26.6 Å². The molecule has 1 N–H and O–H groups in total. The maximum absolute atomic E-state index is 12.2. The summed E-state index contributed by atoms with van der Waals surface area (Å²) in [7, 11) is 4.69. The summed E-state index contributed by atoms with van der Waals surface area (Å²) in [6, 6.07) is 17.0. The smallest absolute Gasteiger partial charge is 0.269 e. The van der Waals surface area contributed by atoms with E-state index in [1.807, 2.05) is 36.4 Å². The van der Waals surface area contributed by atoms with Crippen molar-refractivity contribution in [2.24, 2.45) is 0 Å². The van der Waals surface area contributed by atoms with Crippen molar-refractivity contribution < 1.29 is 23.9 Å². The summed E-state index contributed by atoms with van der Waals surface area (Å²) in [5.41, 5.74) is 3.15. The van der Waals surface area contributed by atoms with Crippen molar-refractivity contribution >= 4 is 35.5 Å². The maximum Gasteiger partial charge on any atom is 0.269 e. The maximum atomic E-state index is 12.2. The first-order chi connectivity index (χ1) is 16.4. The number of nitrogens with one attached hydrogen (secondary N) is 1. The number of nitro benzene ring substituents is 1. The first-order valence-electron chi connectivity index (χ1n) is 10.2. The van der Waals surface area contributed by atoms with E-state index in [2.05, 4.69) is 5.32 Å². The number of carbonyl (C=O) groups excluding carboxylic acids is 1. The third kappa shape index (κ3) is 6.23. The Morgan fingerprint density at radius 3 is 1.85 bits per heavy atom. The molecule has 0 aliphatic heterocycles. The van der Waals surface area contributed by atoms with Crippen LogP contribution < -0.4 is 19.5 Å². The Hall–Kier alpha value is -4.59. The third-order valence-electron chi connectivity index (χ3n) is 4.86. The number of hydrogen-bond acceptors (Lipinski definition) is 6. The van der Waals surface area contributed by atoms with Crippen molar-refractivity contribution in [1.29, 1.82) is 0 Å². The van der Waals surface area contributed by atoms with Gasteiger partial charge in [-0.2, -0.15) is 0 Å². The SMILES string of the molecule is COc1cc(C=Cc2ccc(NC(=O)/C=C/c3ccc([N+](=O)[O-])cc3)cc2)cc(OC)c1OC. The Kier molecular flexibility index (Phi) is 8.02. The van der Waals surface area contributed by atoms with Gasteiger partial charge in [0.1, 0.15) is 0 Å². The average Bonchev–Trinajstić information content (AvgIpc) is 2.86. The molecule has 8 nitrogen and oxygen atoms in total. The minimum Gasteiger partial charge on any atom is -0.493 e. The van der Waals surface area contributed by atoms with Crippen LogP contribution in [0.4, 0.5) is 11.4 Å². The number of carbonyl (C=O) groups is 1. The summed E-state index contributed by atoms with van der Waals surface area (Å²) in [6.45, 7) is 0. The molecule has 0 aromatic heterocycles. The second-order valence-electron chi connectivity index (χ2n) is 7.09. The highest BCUT2D eigenvalue weighted by Gasteiger charge is 2.12. The van der Waals surface area contributed by atoms with Crippen LogP contribution in [-0.2, 0) is 4.79 Å². The number of amides is 1. The van der Waals surface area contributed by atoms with Crippen molar-refractivity contribution in [1.82, 2.24) is 0 Å². The molecule has 0 heterocycles. The zero-order valence-electron chi connectivity index (χ0n) is 19.0. The molecule has 0 fully saturated rings. The van der Waals surface area contributed by atoms with Gasteiger partial charge in [-0.3, -0.25) is 14.9 Å². The van der Waals surface area contributed by atoms with E-state index < -0.39 is 4.92 Å². The van der Waals surface area contributed by atoms with Crippen LogP contribution in [0.2, 0.25) is 0 Å². The van der Waals surface area contributed by atoms with Gasteiger partial charge in [-0.15, -0.1) is 0 Å². The van der Waals surface area contributed by atoms with E-state index in [0.717, 1.165) is 11.1 Å². The molecule has 3 aromatic carbocycles. The molecule has 3 rings (SSSR count). The monoisotopic (exact) mass is 460 g/mol. The summed E-state index contributed by atoms with van der Waals surface area (Å²) < 4.78 is 16.1. The lowest BCUT2D eigenvalue weighted by Gasteiger charge is -2.12. The van der Waals surface area contributed by atoms with Gasteiger partial charge in [-0.25, -0.2) is 0 Å². The van der Waals surface area contributed by atoms with Crippen LogP contribution in [0.1, 0.15) is 16.7 Å². The number of ether oxygens (including phenoxy) is 3. The first kappa shape index (κ1) is 24.1. The van der Waals surface area contributed by atoms with Gasteiger partial charge < -0.3 is 19.5 Å². The van der Waals surface area contributed by atoms with Crippen molar-refractivity contribution in [3.05, 3.63) is 93.5 Å². The molecule has 34 heavy (non-hydrogen) atoms. The lowest BCUT2D eigenvalue weighted by Crippen LogP contribution is -2.07. The molecule has 174 valence electrons. The lowest BCUT2D eigenvalue weighted by atomic mass is 10.1. The van der Waals surface area contributed by atoms with Gasteiger partial charge in [0.2, 0.25) is 11.7 Å². The van der Waals surface area contributed by atoms with Crippen molar-refractivity contribution in [3.8, 4) is 17.2 Å². The quantitative estimate of drug-likeness (QED) is 0.197. The van der Waals surface area contributed by atoms with Gasteiger partial charge in [-0.05, 0) is 59.2 Å². The second kappa shape index (κ2) is 11.3. The van der Waals surface area contributed by atoms with Crippen LogP contribution in [0.3, 0.4) is 0 Å². The summed E-state index contributed by atoms with van der Waals surface area (Å²) >= 11 is 0. The summed E-state index contributed by atoms with van der Waals surface area (Å²) in [5.74, 6) is 1.37. The number of nitro groups is 1. The minimum atomic E-state index is -0.468. The fourth-order valence-corrected chi connectivity index (χ4v) is 3.13. The van der Waals surface area contributed by atoms with Crippen LogP contribution in [0, 0.1) is 10.1 Å². The fourth-order valence-electron chi connectivity index (χ4n) is 3.13. The molecule has 8 heteroatoms. The van der Waals surface area contributed by atoms with Gasteiger partial charge >= 0.3 is 0 Å². The minimum absolute atomic E-state index is 0.000932. The number of anilines is 1. The zero-order chi connectivity index (χ0) is 24.5. The van der Waals surface area contributed by atoms with Gasteiger partial charge in [0.05, 0.1) is 26.3 Å². The number of methoxy groups -OCH3 is 3. The van der Waals surface area contributed by atoms with Crippen LogP contribution in [-0.4, -0.2) is 32.2 Å². The Morgan fingerprint density at radius 2 is 1.32 bits per heavy atom. The van der Waals surface area contributed by atoms with E-state index >= 15 is 0 Å². The zero-order valence-corrected chi connectivity index (χ0v) is 19.0. The Balaban J connectivity index is 1.63. The number of non-ortho nitro benzene ring substituents is 1. The summed E-state index contributed by atoms with van der Waals surface area (Å²) in [5, 5.41) is 13.5. The van der Waals surface area contributed by atoms with Crippen molar-refractivity contribution in [2.45, 2.75) is 0 Å². The summed E-state index contributed by atoms with van der Waals surface area (Å²) in [6.07, 6.45) is 6.82. The lowest BCUT2D eigenvalue weighted by molar-refractivity contribution is -0.384.